The van der Waals surface area contributed by atoms with Gasteiger partial charge in [0.25, 0.3) is 11.8 Å². The molecule has 1 fully saturated rings. The molecule has 1 aromatic heterocycles. The summed E-state index contributed by atoms with van der Waals surface area (Å²) in [5.41, 5.74) is -0.663. The number of rotatable bonds is 5. The van der Waals surface area contributed by atoms with Gasteiger partial charge in [-0.25, -0.2) is 23.2 Å². The van der Waals surface area contributed by atoms with Gasteiger partial charge in [-0.1, -0.05) is 11.6 Å². The van der Waals surface area contributed by atoms with Gasteiger partial charge in [-0.2, -0.15) is 8.78 Å². The van der Waals surface area contributed by atoms with Crippen molar-refractivity contribution in [1.29, 1.82) is 0 Å². The predicted octanol–water partition coefficient (Wildman–Crippen LogP) is 3.70. The lowest BCUT2D eigenvalue weighted by Gasteiger charge is -2.35. The molecule has 0 saturated carbocycles. The average Bonchev–Trinajstić information content (AvgIpc) is 3.15. The summed E-state index contributed by atoms with van der Waals surface area (Å²) in [6.07, 6.45) is -0.100. The normalized spacial score (nSPS) is 17.1. The number of alkyl halides is 2. The standard InChI is InChI=1S/C25H29ClF2N4O6S/c1-24(2,3)38-23(34)32-11-9-31(10-12-32)19(33)14-37-18-6-5-15(13-17(18)26)20-16-7-8-25(27,28)21(16)30-22(29-20)39(4,35)36/h5-6,13H,7-12,14H2,1-4H3. The fourth-order valence-corrected chi connectivity index (χ4v) is 5.02. The van der Waals surface area contributed by atoms with Crippen LogP contribution >= 0.6 is 11.6 Å². The SMILES string of the molecule is CC(C)(C)OC(=O)N1CCN(C(=O)COc2ccc(-c3nc(S(C)(=O)=O)nc4c3CCC4(F)F)cc2Cl)CC1. The fraction of sp³-hybridized carbons (Fsp3) is 0.520. The number of carbonyl (C=O) groups excluding carboxylic acids is 2. The quantitative estimate of drug-likeness (QED) is 0.487. The Bertz CT molecular complexity index is 1410. The minimum absolute atomic E-state index is 0.0206. The van der Waals surface area contributed by atoms with E-state index in [1.807, 2.05) is 0 Å². The van der Waals surface area contributed by atoms with Gasteiger partial charge in [0.2, 0.25) is 15.0 Å². The largest absolute Gasteiger partial charge is 0.482 e. The van der Waals surface area contributed by atoms with Crippen LogP contribution < -0.4 is 4.74 Å². The zero-order valence-corrected chi connectivity index (χ0v) is 23.5. The van der Waals surface area contributed by atoms with Gasteiger partial charge < -0.3 is 19.3 Å². The second kappa shape index (κ2) is 10.5. The summed E-state index contributed by atoms with van der Waals surface area (Å²) in [5, 5.41) is -0.597. The molecule has 39 heavy (non-hydrogen) atoms. The van der Waals surface area contributed by atoms with Gasteiger partial charge in [-0.05, 0) is 45.4 Å². The number of nitrogens with zero attached hydrogens (tertiary/aromatic N) is 4. The summed E-state index contributed by atoms with van der Waals surface area (Å²) < 4.78 is 63.9. The molecule has 1 saturated heterocycles. The maximum absolute atomic E-state index is 14.4. The number of hydrogen-bond donors (Lipinski definition) is 0. The molecule has 0 radical (unpaired) electrons. The van der Waals surface area contributed by atoms with E-state index in [2.05, 4.69) is 9.97 Å². The Kier molecular flexibility index (Phi) is 7.78. The molecule has 0 spiro atoms. The minimum atomic E-state index is -3.95. The van der Waals surface area contributed by atoms with Crippen LogP contribution in [0.25, 0.3) is 11.3 Å². The van der Waals surface area contributed by atoms with Crippen molar-refractivity contribution in [3.63, 3.8) is 0 Å². The topological polar surface area (TPSA) is 119 Å². The molecule has 0 atom stereocenters. The third-order valence-electron chi connectivity index (χ3n) is 6.19. The Morgan fingerprint density at radius 1 is 1.10 bits per heavy atom. The van der Waals surface area contributed by atoms with Gasteiger partial charge in [-0.3, -0.25) is 4.79 Å². The first-order valence-electron chi connectivity index (χ1n) is 12.2. The van der Waals surface area contributed by atoms with E-state index in [1.54, 1.807) is 30.6 Å². The van der Waals surface area contributed by atoms with E-state index in [9.17, 15) is 26.8 Å². The number of amides is 2. The first-order chi connectivity index (χ1) is 18.0. The monoisotopic (exact) mass is 586 g/mol. The smallest absolute Gasteiger partial charge is 0.410 e. The highest BCUT2D eigenvalue weighted by molar-refractivity contribution is 7.90. The Morgan fingerprint density at radius 3 is 2.33 bits per heavy atom. The van der Waals surface area contributed by atoms with E-state index in [4.69, 9.17) is 21.1 Å². The number of fused-ring (bicyclic) bond motifs is 1. The van der Waals surface area contributed by atoms with E-state index in [1.165, 1.54) is 18.2 Å². The van der Waals surface area contributed by atoms with Crippen LogP contribution in [0.3, 0.4) is 0 Å². The summed E-state index contributed by atoms with van der Waals surface area (Å²) in [5.74, 6) is -3.38. The number of carbonyl (C=O) groups is 2. The van der Waals surface area contributed by atoms with Crippen molar-refractivity contribution in [1.82, 2.24) is 19.8 Å². The molecule has 1 aliphatic carbocycles. The molecule has 4 rings (SSSR count). The Hall–Kier alpha value is -3.06. The van der Waals surface area contributed by atoms with Crippen molar-refractivity contribution in [2.75, 3.05) is 39.0 Å². The Balaban J connectivity index is 1.44. The first-order valence-corrected chi connectivity index (χ1v) is 14.5. The molecule has 212 valence electrons. The number of sulfone groups is 1. The summed E-state index contributed by atoms with van der Waals surface area (Å²) in [6.45, 7) is 6.34. The lowest BCUT2D eigenvalue weighted by molar-refractivity contribution is -0.135. The lowest BCUT2D eigenvalue weighted by Crippen LogP contribution is -2.52. The second-order valence-corrected chi connectivity index (χ2v) is 12.8. The van der Waals surface area contributed by atoms with Crippen LogP contribution in [0.4, 0.5) is 13.6 Å². The molecule has 0 unspecified atom stereocenters. The van der Waals surface area contributed by atoms with Crippen LogP contribution in [-0.2, 0) is 31.7 Å². The summed E-state index contributed by atoms with van der Waals surface area (Å²) in [6, 6.07) is 4.40. The van der Waals surface area contributed by atoms with Crippen LogP contribution in [0, 0.1) is 0 Å². The van der Waals surface area contributed by atoms with Crippen molar-refractivity contribution < 1.29 is 36.3 Å². The molecule has 2 heterocycles. The lowest BCUT2D eigenvalue weighted by atomic mass is 10.1. The number of benzene rings is 1. The number of halogens is 3. The van der Waals surface area contributed by atoms with Gasteiger partial charge in [0, 0.05) is 50.0 Å². The van der Waals surface area contributed by atoms with Crippen molar-refractivity contribution in [3.05, 3.63) is 34.5 Å². The van der Waals surface area contributed by atoms with E-state index in [0.717, 1.165) is 6.26 Å². The van der Waals surface area contributed by atoms with Crippen molar-refractivity contribution in [2.45, 2.75) is 50.3 Å². The summed E-state index contributed by atoms with van der Waals surface area (Å²) in [4.78, 5) is 35.7. The molecule has 1 aliphatic heterocycles. The van der Waals surface area contributed by atoms with E-state index in [-0.39, 0.29) is 41.0 Å². The van der Waals surface area contributed by atoms with Gasteiger partial charge in [0.05, 0.1) is 10.7 Å². The van der Waals surface area contributed by atoms with Crippen LogP contribution in [-0.4, -0.2) is 84.8 Å². The molecule has 10 nitrogen and oxygen atoms in total. The molecule has 14 heteroatoms. The maximum Gasteiger partial charge on any atom is 0.410 e. The van der Waals surface area contributed by atoms with Gasteiger partial charge in [-0.15, -0.1) is 0 Å². The summed E-state index contributed by atoms with van der Waals surface area (Å²) in [7, 11) is -3.95. The summed E-state index contributed by atoms with van der Waals surface area (Å²) >= 11 is 6.37. The van der Waals surface area contributed by atoms with E-state index in [0.29, 0.717) is 31.7 Å². The number of aromatic nitrogens is 2. The average molecular weight is 587 g/mol. The molecule has 0 N–H and O–H groups in total. The number of piperazine rings is 1. The highest BCUT2D eigenvalue weighted by Gasteiger charge is 2.43. The molecule has 1 aromatic carbocycles. The Morgan fingerprint density at radius 2 is 1.74 bits per heavy atom. The van der Waals surface area contributed by atoms with Crippen LogP contribution in [0.2, 0.25) is 5.02 Å². The second-order valence-electron chi connectivity index (χ2n) is 10.4. The van der Waals surface area contributed by atoms with Gasteiger partial charge in [0.15, 0.2) is 6.61 Å². The zero-order valence-electron chi connectivity index (χ0n) is 22.0. The van der Waals surface area contributed by atoms with E-state index < -0.39 is 44.7 Å². The molecule has 0 bridgehead atoms. The molecular weight excluding hydrogens is 558 g/mol. The molecule has 2 amide bonds. The van der Waals surface area contributed by atoms with Crippen molar-refractivity contribution in [3.8, 4) is 17.0 Å². The minimum Gasteiger partial charge on any atom is -0.482 e. The van der Waals surface area contributed by atoms with Gasteiger partial charge in [0.1, 0.15) is 17.0 Å². The van der Waals surface area contributed by atoms with Crippen LogP contribution in [0.5, 0.6) is 5.75 Å². The number of ether oxygens (including phenoxy) is 2. The van der Waals surface area contributed by atoms with Crippen molar-refractivity contribution >= 4 is 33.4 Å². The molecule has 2 aromatic rings. The van der Waals surface area contributed by atoms with Crippen LogP contribution in [0.1, 0.15) is 38.4 Å². The molecular formula is C25H29ClF2N4O6S. The first kappa shape index (κ1) is 28.9. The van der Waals surface area contributed by atoms with Crippen molar-refractivity contribution in [2.24, 2.45) is 0 Å². The fourth-order valence-electron chi connectivity index (χ4n) is 4.27. The van der Waals surface area contributed by atoms with Gasteiger partial charge >= 0.3 is 6.09 Å². The Labute approximate surface area is 230 Å². The highest BCUT2D eigenvalue weighted by atomic mass is 35.5. The third-order valence-corrected chi connectivity index (χ3v) is 7.34. The predicted molar refractivity (Wildman–Crippen MR) is 138 cm³/mol. The number of hydrogen-bond acceptors (Lipinski definition) is 8. The molecule has 2 aliphatic rings. The van der Waals surface area contributed by atoms with E-state index >= 15 is 0 Å². The van der Waals surface area contributed by atoms with Crippen LogP contribution in [0.15, 0.2) is 23.4 Å². The maximum atomic E-state index is 14.4. The zero-order chi connectivity index (χ0) is 28.8. The highest BCUT2D eigenvalue weighted by Crippen LogP contribution is 2.44. The third kappa shape index (κ3) is 6.57.